The van der Waals surface area contributed by atoms with Gasteiger partial charge in [-0.1, -0.05) is 66.7 Å². The van der Waals surface area contributed by atoms with E-state index in [1.165, 1.54) is 0 Å². The molecule has 0 saturated heterocycles. The number of allylic oxidation sites excluding steroid dienone is 1. The molecule has 4 rings (SSSR count). The average Bonchev–Trinajstić information content (AvgIpc) is 2.91. The lowest BCUT2D eigenvalue weighted by molar-refractivity contribution is -0.122. The van der Waals surface area contributed by atoms with Gasteiger partial charge in [0.15, 0.2) is 5.78 Å². The molecule has 0 spiro atoms. The quantitative estimate of drug-likeness (QED) is 0.828. The van der Waals surface area contributed by atoms with Gasteiger partial charge in [0, 0.05) is 12.3 Å². The first-order chi connectivity index (χ1) is 10.8. The van der Waals surface area contributed by atoms with Crippen LogP contribution >= 0.6 is 0 Å². The van der Waals surface area contributed by atoms with Gasteiger partial charge in [-0.05, 0) is 24.0 Å². The highest BCUT2D eigenvalue weighted by molar-refractivity contribution is 6.08. The summed E-state index contributed by atoms with van der Waals surface area (Å²) in [6.45, 7) is 0. The zero-order valence-corrected chi connectivity index (χ0v) is 12.3. The van der Waals surface area contributed by atoms with E-state index in [0.29, 0.717) is 0 Å². The van der Waals surface area contributed by atoms with Crippen LogP contribution in [0.5, 0.6) is 0 Å². The molecule has 2 aromatic rings. The van der Waals surface area contributed by atoms with Crippen LogP contribution in [0.1, 0.15) is 24.0 Å². The van der Waals surface area contributed by atoms with Crippen molar-refractivity contribution in [3.05, 3.63) is 90.1 Å². The molecule has 0 unspecified atom stereocenters. The molecule has 0 amide bonds. The van der Waals surface area contributed by atoms with Crippen molar-refractivity contribution in [3.63, 3.8) is 0 Å². The Morgan fingerprint density at radius 3 is 2.32 bits per heavy atom. The number of hydrogen-bond donors (Lipinski definition) is 0. The Balaban J connectivity index is 1.87. The third-order valence-electron chi connectivity index (χ3n) is 4.59. The molecule has 0 radical (unpaired) electrons. The minimum Gasteiger partial charge on any atom is -0.330 e. The number of hydrogen-bond acceptors (Lipinski definition) is 2. The van der Waals surface area contributed by atoms with Crippen LogP contribution in [0.4, 0.5) is 0 Å². The Morgan fingerprint density at radius 1 is 0.909 bits per heavy atom. The largest absolute Gasteiger partial charge is 0.330 e. The van der Waals surface area contributed by atoms with Crippen LogP contribution in [0.3, 0.4) is 0 Å². The maximum atomic E-state index is 13.0. The number of ketones is 1. The highest BCUT2D eigenvalue weighted by atomic mass is 16.1. The van der Waals surface area contributed by atoms with Gasteiger partial charge in [-0.25, -0.2) is 0 Å². The van der Waals surface area contributed by atoms with Crippen molar-refractivity contribution >= 4 is 11.5 Å². The SMILES string of the molecule is O=C1C=C(c2ccccc2)N2C=CCC[C@@]12c1ccccc1. The van der Waals surface area contributed by atoms with E-state index in [2.05, 4.69) is 41.4 Å². The Hall–Kier alpha value is -2.61. The molecule has 0 saturated carbocycles. The lowest BCUT2D eigenvalue weighted by atomic mass is 9.80. The standard InChI is InChI=1S/C20H17NO/c22-19-15-18(16-9-3-1-4-10-16)21-14-8-7-13-20(19,21)17-11-5-2-6-12-17/h1-6,8-12,14-15H,7,13H2/t20-/m1/s1. The fourth-order valence-electron chi connectivity index (χ4n) is 3.53. The summed E-state index contributed by atoms with van der Waals surface area (Å²) >= 11 is 0. The van der Waals surface area contributed by atoms with Crippen molar-refractivity contribution in [2.24, 2.45) is 0 Å². The topological polar surface area (TPSA) is 20.3 Å². The van der Waals surface area contributed by atoms with Gasteiger partial charge >= 0.3 is 0 Å². The fraction of sp³-hybridized carbons (Fsp3) is 0.150. The van der Waals surface area contributed by atoms with E-state index in [1.54, 1.807) is 6.08 Å². The predicted octanol–water partition coefficient (Wildman–Crippen LogP) is 4.12. The zero-order chi connectivity index (χ0) is 15.0. The van der Waals surface area contributed by atoms with Crippen molar-refractivity contribution in [3.8, 4) is 0 Å². The summed E-state index contributed by atoms with van der Waals surface area (Å²) in [6.07, 6.45) is 7.76. The summed E-state index contributed by atoms with van der Waals surface area (Å²) in [6, 6.07) is 20.3. The number of nitrogens with zero attached hydrogens (tertiary/aromatic N) is 1. The molecule has 2 nitrogen and oxygen atoms in total. The first-order valence-electron chi connectivity index (χ1n) is 7.65. The molecule has 0 N–H and O–H groups in total. The van der Waals surface area contributed by atoms with Crippen molar-refractivity contribution in [2.75, 3.05) is 0 Å². The van der Waals surface area contributed by atoms with E-state index in [-0.39, 0.29) is 5.78 Å². The van der Waals surface area contributed by atoms with Crippen LogP contribution in [0.25, 0.3) is 5.70 Å². The summed E-state index contributed by atoms with van der Waals surface area (Å²) < 4.78 is 0. The zero-order valence-electron chi connectivity index (χ0n) is 12.3. The maximum Gasteiger partial charge on any atom is 0.188 e. The molecule has 0 aliphatic carbocycles. The second kappa shape index (κ2) is 4.99. The number of fused-ring (bicyclic) bond motifs is 1. The van der Waals surface area contributed by atoms with E-state index in [9.17, 15) is 4.79 Å². The minimum absolute atomic E-state index is 0.182. The van der Waals surface area contributed by atoms with E-state index in [4.69, 9.17) is 0 Å². The second-order valence-corrected chi connectivity index (χ2v) is 5.78. The molecule has 2 heteroatoms. The summed E-state index contributed by atoms with van der Waals surface area (Å²) in [4.78, 5) is 15.1. The monoisotopic (exact) mass is 287 g/mol. The number of benzene rings is 2. The Kier molecular flexibility index (Phi) is 2.97. The first kappa shape index (κ1) is 13.1. The van der Waals surface area contributed by atoms with E-state index in [0.717, 1.165) is 29.7 Å². The molecular weight excluding hydrogens is 270 g/mol. The lowest BCUT2D eigenvalue weighted by Crippen LogP contribution is -2.45. The highest BCUT2D eigenvalue weighted by Gasteiger charge is 2.49. The van der Waals surface area contributed by atoms with Crippen molar-refractivity contribution in [1.29, 1.82) is 0 Å². The number of carbonyl (C=O) groups is 1. The molecule has 0 bridgehead atoms. The lowest BCUT2D eigenvalue weighted by Gasteiger charge is -2.41. The van der Waals surface area contributed by atoms with Crippen LogP contribution in [0.2, 0.25) is 0 Å². The van der Waals surface area contributed by atoms with Gasteiger partial charge in [-0.15, -0.1) is 0 Å². The van der Waals surface area contributed by atoms with Gasteiger partial charge in [-0.2, -0.15) is 0 Å². The van der Waals surface area contributed by atoms with Crippen LogP contribution in [-0.2, 0) is 10.3 Å². The maximum absolute atomic E-state index is 13.0. The van der Waals surface area contributed by atoms with Crippen LogP contribution in [0.15, 0.2) is 79.0 Å². The molecule has 0 aromatic heterocycles. The summed E-state index contributed by atoms with van der Waals surface area (Å²) in [5, 5.41) is 0. The third kappa shape index (κ3) is 1.77. The summed E-state index contributed by atoms with van der Waals surface area (Å²) in [5.74, 6) is 0.182. The molecule has 2 heterocycles. The van der Waals surface area contributed by atoms with E-state index < -0.39 is 5.54 Å². The fourth-order valence-corrected chi connectivity index (χ4v) is 3.53. The molecule has 22 heavy (non-hydrogen) atoms. The molecular formula is C20H17NO. The van der Waals surface area contributed by atoms with Crippen LogP contribution < -0.4 is 0 Å². The van der Waals surface area contributed by atoms with Gasteiger partial charge in [0.1, 0.15) is 5.54 Å². The van der Waals surface area contributed by atoms with Crippen LogP contribution in [-0.4, -0.2) is 10.7 Å². The van der Waals surface area contributed by atoms with Crippen molar-refractivity contribution < 1.29 is 4.79 Å². The van der Waals surface area contributed by atoms with Gasteiger partial charge in [0.2, 0.25) is 0 Å². The van der Waals surface area contributed by atoms with E-state index in [1.807, 2.05) is 36.4 Å². The van der Waals surface area contributed by atoms with Crippen LogP contribution in [0, 0.1) is 0 Å². The summed E-state index contributed by atoms with van der Waals surface area (Å²) in [7, 11) is 0. The van der Waals surface area contributed by atoms with Gasteiger partial charge in [0.05, 0.1) is 5.70 Å². The molecule has 108 valence electrons. The Bertz CT molecular complexity index is 761. The van der Waals surface area contributed by atoms with Crippen molar-refractivity contribution in [2.45, 2.75) is 18.4 Å². The van der Waals surface area contributed by atoms with Gasteiger partial charge in [0.25, 0.3) is 0 Å². The third-order valence-corrected chi connectivity index (χ3v) is 4.59. The molecule has 1 atom stereocenters. The Morgan fingerprint density at radius 2 is 1.59 bits per heavy atom. The first-order valence-corrected chi connectivity index (χ1v) is 7.65. The molecule has 2 aromatic carbocycles. The van der Waals surface area contributed by atoms with Gasteiger partial charge in [-0.3, -0.25) is 4.79 Å². The summed E-state index contributed by atoms with van der Waals surface area (Å²) in [5.41, 5.74) is 2.58. The number of rotatable bonds is 2. The minimum atomic E-state index is -0.568. The molecule has 2 aliphatic rings. The highest BCUT2D eigenvalue weighted by Crippen LogP contribution is 2.47. The molecule has 0 fully saturated rings. The van der Waals surface area contributed by atoms with Crippen molar-refractivity contribution in [1.82, 2.24) is 4.90 Å². The second-order valence-electron chi connectivity index (χ2n) is 5.78. The van der Waals surface area contributed by atoms with E-state index >= 15 is 0 Å². The number of carbonyl (C=O) groups excluding carboxylic acids is 1. The van der Waals surface area contributed by atoms with Gasteiger partial charge < -0.3 is 4.90 Å². The normalized spacial score (nSPS) is 23.4. The average molecular weight is 287 g/mol. The smallest absolute Gasteiger partial charge is 0.188 e. The molecule has 2 aliphatic heterocycles. The predicted molar refractivity (Wildman–Crippen MR) is 87.8 cm³/mol. The Labute approximate surface area is 130 Å².